The van der Waals surface area contributed by atoms with Crippen LogP contribution in [-0.2, 0) is 34.3 Å². The van der Waals surface area contributed by atoms with Crippen LogP contribution in [0.3, 0.4) is 0 Å². The van der Waals surface area contributed by atoms with E-state index in [0.717, 1.165) is 6.26 Å². The van der Waals surface area contributed by atoms with Gasteiger partial charge >= 0.3 is 7.60 Å². The highest BCUT2D eigenvalue weighted by molar-refractivity contribution is 7.90. The number of anilines is 1. The Morgan fingerprint density at radius 1 is 0.925 bits per heavy atom. The van der Waals surface area contributed by atoms with Crippen LogP contribution in [0.15, 0.2) is 65.7 Å². The highest BCUT2D eigenvalue weighted by Gasteiger charge is 2.24. The second-order valence-corrected chi connectivity index (χ2v) is 12.6. The van der Waals surface area contributed by atoms with Crippen molar-refractivity contribution in [1.29, 1.82) is 0 Å². The molecule has 0 atom stereocenters. The molecule has 0 unspecified atom stereocenters. The fraction of sp³-hybridized carbons (Fsp3) is 0.333. The van der Waals surface area contributed by atoms with Gasteiger partial charge in [-0.2, -0.15) is 0 Å². The number of methoxy groups -OCH3 is 1. The number of nitrogens with zero attached hydrogens (tertiary/aromatic N) is 1. The van der Waals surface area contributed by atoms with E-state index < -0.39 is 23.3 Å². The van der Waals surface area contributed by atoms with E-state index in [1.807, 2.05) is 0 Å². The first-order valence-corrected chi connectivity index (χ1v) is 16.1. The van der Waals surface area contributed by atoms with Crippen molar-refractivity contribution in [2.75, 3.05) is 45.1 Å². The molecule has 2 aromatic carbocycles. The summed E-state index contributed by atoms with van der Waals surface area (Å²) in [6, 6.07) is 13.9. The lowest BCUT2D eigenvalue weighted by Crippen LogP contribution is -2.14. The molecule has 1 amide bonds. The minimum atomic E-state index is -3.35. The van der Waals surface area contributed by atoms with Crippen LogP contribution in [0.5, 0.6) is 17.2 Å². The molecule has 0 spiro atoms. The van der Waals surface area contributed by atoms with Crippen LogP contribution < -0.4 is 14.8 Å². The zero-order valence-corrected chi connectivity index (χ0v) is 24.5. The van der Waals surface area contributed by atoms with Crippen LogP contribution in [0.1, 0.15) is 29.8 Å². The number of carbonyl (C=O) groups excluding carboxylic acids is 1. The molecule has 40 heavy (non-hydrogen) atoms. The van der Waals surface area contributed by atoms with Crippen molar-refractivity contribution in [3.63, 3.8) is 0 Å². The van der Waals surface area contributed by atoms with Crippen molar-refractivity contribution in [3.8, 4) is 17.2 Å². The molecular formula is C27H33N2O9PS. The minimum absolute atomic E-state index is 0.0582. The van der Waals surface area contributed by atoms with Gasteiger partial charge in [0.05, 0.1) is 30.9 Å². The van der Waals surface area contributed by atoms with E-state index in [9.17, 15) is 17.8 Å². The Balaban J connectivity index is 1.78. The number of carbonyl (C=O) groups is 1. The Kier molecular flexibility index (Phi) is 11.2. The van der Waals surface area contributed by atoms with Gasteiger partial charge in [-0.05, 0) is 61.9 Å². The molecule has 0 fully saturated rings. The summed E-state index contributed by atoms with van der Waals surface area (Å²) in [5.74, 6) is 0.864. The van der Waals surface area contributed by atoms with Gasteiger partial charge in [0, 0.05) is 31.2 Å². The number of nitrogens with one attached hydrogen (secondary N) is 1. The average Bonchev–Trinajstić information content (AvgIpc) is 2.90. The van der Waals surface area contributed by atoms with E-state index in [1.165, 1.54) is 36.5 Å². The first-order valence-electron chi connectivity index (χ1n) is 12.4. The summed E-state index contributed by atoms with van der Waals surface area (Å²) in [5, 5.41) is 2.72. The van der Waals surface area contributed by atoms with Crippen LogP contribution >= 0.6 is 7.60 Å². The topological polar surface area (TPSA) is 139 Å². The van der Waals surface area contributed by atoms with Gasteiger partial charge in [0.2, 0.25) is 0 Å². The van der Waals surface area contributed by atoms with Gasteiger partial charge in [-0.1, -0.05) is 6.07 Å². The number of aromatic nitrogens is 1. The molecule has 3 aromatic rings. The molecule has 1 aromatic heterocycles. The average molecular weight is 593 g/mol. The van der Waals surface area contributed by atoms with Crippen molar-refractivity contribution in [1.82, 2.24) is 4.98 Å². The number of hydrogen-bond donors (Lipinski definition) is 1. The molecule has 0 saturated carbocycles. The molecule has 0 radical (unpaired) electrons. The highest BCUT2D eigenvalue weighted by Crippen LogP contribution is 2.51. The molecule has 1 heterocycles. The quantitative estimate of drug-likeness (QED) is 0.182. The molecule has 0 bridgehead atoms. The summed E-state index contributed by atoms with van der Waals surface area (Å²) in [6.45, 7) is 4.59. The summed E-state index contributed by atoms with van der Waals surface area (Å²) < 4.78 is 63.5. The number of ether oxygens (including phenoxy) is 3. The number of pyridine rings is 1. The van der Waals surface area contributed by atoms with Crippen molar-refractivity contribution < 1.29 is 41.0 Å². The molecular weight excluding hydrogens is 559 g/mol. The smallest absolute Gasteiger partial charge is 0.335 e. The predicted octanol–water partition coefficient (Wildman–Crippen LogP) is 5.32. The number of amides is 1. The molecule has 0 saturated heterocycles. The lowest BCUT2D eigenvalue weighted by molar-refractivity contribution is 0.102. The van der Waals surface area contributed by atoms with Crippen LogP contribution in [-0.4, -0.2) is 59.1 Å². The van der Waals surface area contributed by atoms with Crippen LogP contribution in [0.25, 0.3) is 0 Å². The molecule has 13 heteroatoms. The molecule has 3 rings (SSSR count). The first kappa shape index (κ1) is 31.3. The lowest BCUT2D eigenvalue weighted by Gasteiger charge is -2.17. The maximum Gasteiger partial charge on any atom is 0.335 e. The van der Waals surface area contributed by atoms with Crippen molar-refractivity contribution >= 4 is 29.2 Å². The largest absolute Gasteiger partial charge is 0.491 e. The predicted molar refractivity (Wildman–Crippen MR) is 150 cm³/mol. The summed E-state index contributed by atoms with van der Waals surface area (Å²) >= 11 is 0. The second-order valence-electron chi connectivity index (χ2n) is 8.49. The van der Waals surface area contributed by atoms with E-state index in [2.05, 4.69) is 10.3 Å². The maximum absolute atomic E-state index is 13.1. The Bertz CT molecular complexity index is 1420. The third-order valence-corrected chi connectivity index (χ3v) is 8.46. The minimum Gasteiger partial charge on any atom is -0.491 e. The molecule has 11 nitrogen and oxygen atoms in total. The Morgan fingerprint density at radius 3 is 2.17 bits per heavy atom. The van der Waals surface area contributed by atoms with E-state index in [-0.39, 0.29) is 42.3 Å². The standard InChI is InChI=1S/C27H33N2O9PS/c1-5-36-39(31,37-6-2)19-20-7-12-26(28-18-20)29-27(30)21-15-23(35-14-13-34-3)17-24(16-21)38-22-8-10-25(11-9-22)40(4,32)33/h7-12,15-18H,5-6,13-14,19H2,1-4H3,(H,28,29,30). The molecule has 0 aliphatic rings. The Morgan fingerprint density at radius 2 is 1.60 bits per heavy atom. The molecule has 1 N–H and O–H groups in total. The first-order chi connectivity index (χ1) is 19.0. The summed E-state index contributed by atoms with van der Waals surface area (Å²) in [7, 11) is -5.09. The van der Waals surface area contributed by atoms with Crippen molar-refractivity contribution in [2.45, 2.75) is 24.9 Å². The van der Waals surface area contributed by atoms with Crippen LogP contribution in [0.4, 0.5) is 5.82 Å². The number of hydrogen-bond acceptors (Lipinski definition) is 10. The van der Waals surface area contributed by atoms with Gasteiger partial charge in [0.25, 0.3) is 5.91 Å². The van der Waals surface area contributed by atoms with Gasteiger partial charge in [-0.3, -0.25) is 9.36 Å². The SMILES string of the molecule is CCOP(=O)(Cc1ccc(NC(=O)c2cc(OCCOC)cc(Oc3ccc(S(C)(=O)=O)cc3)c2)nc1)OCC. The fourth-order valence-electron chi connectivity index (χ4n) is 3.50. The third-order valence-electron chi connectivity index (χ3n) is 5.28. The van der Waals surface area contributed by atoms with E-state index in [1.54, 1.807) is 45.2 Å². The lowest BCUT2D eigenvalue weighted by atomic mass is 10.2. The second kappa shape index (κ2) is 14.4. The van der Waals surface area contributed by atoms with E-state index in [4.69, 9.17) is 23.3 Å². The van der Waals surface area contributed by atoms with Gasteiger partial charge in [0.15, 0.2) is 9.84 Å². The Labute approximate surface area is 234 Å². The van der Waals surface area contributed by atoms with Gasteiger partial charge < -0.3 is 28.6 Å². The maximum atomic E-state index is 13.1. The molecule has 0 aliphatic heterocycles. The zero-order valence-electron chi connectivity index (χ0n) is 22.8. The fourth-order valence-corrected chi connectivity index (χ4v) is 5.81. The van der Waals surface area contributed by atoms with Crippen LogP contribution in [0.2, 0.25) is 0 Å². The highest BCUT2D eigenvalue weighted by atomic mass is 32.2. The van der Waals surface area contributed by atoms with Gasteiger partial charge in [-0.15, -0.1) is 0 Å². The monoisotopic (exact) mass is 592 g/mol. The number of rotatable bonds is 15. The normalized spacial score (nSPS) is 11.7. The van der Waals surface area contributed by atoms with E-state index in [0.29, 0.717) is 29.4 Å². The number of benzene rings is 2. The third kappa shape index (κ3) is 9.42. The molecule has 216 valence electrons. The van der Waals surface area contributed by atoms with E-state index >= 15 is 0 Å². The summed E-state index contributed by atoms with van der Waals surface area (Å²) in [6.07, 6.45) is 2.68. The van der Waals surface area contributed by atoms with Gasteiger partial charge in [0.1, 0.15) is 29.7 Å². The number of sulfone groups is 1. The van der Waals surface area contributed by atoms with Gasteiger partial charge in [-0.25, -0.2) is 13.4 Å². The zero-order chi connectivity index (χ0) is 29.2. The Hall–Kier alpha value is -3.28. The van der Waals surface area contributed by atoms with Crippen molar-refractivity contribution in [3.05, 3.63) is 71.9 Å². The molecule has 0 aliphatic carbocycles. The van der Waals surface area contributed by atoms with Crippen molar-refractivity contribution in [2.24, 2.45) is 0 Å². The summed E-state index contributed by atoms with van der Waals surface area (Å²) in [5.41, 5.74) is 0.870. The summed E-state index contributed by atoms with van der Waals surface area (Å²) in [4.78, 5) is 17.5. The van der Waals surface area contributed by atoms with Crippen LogP contribution in [0, 0.1) is 0 Å².